The highest BCUT2D eigenvalue weighted by Crippen LogP contribution is 2.25. The Bertz CT molecular complexity index is 346. The molecule has 0 saturated carbocycles. The van der Waals surface area contributed by atoms with E-state index < -0.39 is 12.0 Å². The van der Waals surface area contributed by atoms with Crippen molar-refractivity contribution < 1.29 is 19.5 Å². The topological polar surface area (TPSA) is 86.7 Å². The van der Waals surface area contributed by atoms with Gasteiger partial charge in [-0.3, -0.25) is 14.4 Å². The van der Waals surface area contributed by atoms with Crippen LogP contribution in [0.1, 0.15) is 12.8 Å². The molecule has 0 aromatic carbocycles. The van der Waals surface area contributed by atoms with Crippen LogP contribution < -0.4 is 5.32 Å². The fourth-order valence-electron chi connectivity index (χ4n) is 1.87. The van der Waals surface area contributed by atoms with Crippen molar-refractivity contribution in [2.24, 2.45) is 0 Å². The molecule has 2 N–H and O–H groups in total. The molecule has 2 fully saturated rings. The Balaban J connectivity index is 2.02. The molecule has 6 nitrogen and oxygen atoms in total. The van der Waals surface area contributed by atoms with Crippen molar-refractivity contribution >= 4 is 29.5 Å². The quantitative estimate of drug-likeness (QED) is 0.682. The van der Waals surface area contributed by atoms with Crippen LogP contribution in [0.5, 0.6) is 0 Å². The summed E-state index contributed by atoms with van der Waals surface area (Å²) in [7, 11) is 0. The SMILES string of the molecule is O=C(O)CC[C@H]1NC(=O)[C@H]2CSCN2C1=O. The molecule has 2 aliphatic heterocycles. The van der Waals surface area contributed by atoms with Crippen molar-refractivity contribution in [2.75, 3.05) is 11.6 Å². The first kappa shape index (κ1) is 11.3. The van der Waals surface area contributed by atoms with Crippen molar-refractivity contribution in [3.63, 3.8) is 0 Å². The lowest BCUT2D eigenvalue weighted by atomic mass is 10.0. The van der Waals surface area contributed by atoms with Crippen LogP contribution in [0.2, 0.25) is 0 Å². The lowest BCUT2D eigenvalue weighted by Crippen LogP contribution is -2.61. The number of amides is 2. The zero-order valence-electron chi connectivity index (χ0n) is 8.51. The second-order valence-electron chi connectivity index (χ2n) is 3.82. The number of hydrogen-bond donors (Lipinski definition) is 2. The molecule has 0 aliphatic carbocycles. The van der Waals surface area contributed by atoms with Gasteiger partial charge in [0, 0.05) is 12.2 Å². The Morgan fingerprint density at radius 1 is 1.56 bits per heavy atom. The lowest BCUT2D eigenvalue weighted by molar-refractivity contribution is -0.147. The van der Waals surface area contributed by atoms with E-state index in [4.69, 9.17) is 5.11 Å². The van der Waals surface area contributed by atoms with E-state index >= 15 is 0 Å². The van der Waals surface area contributed by atoms with Gasteiger partial charge in [-0.1, -0.05) is 0 Å². The summed E-state index contributed by atoms with van der Waals surface area (Å²) in [5.74, 6) is -0.125. The van der Waals surface area contributed by atoms with Gasteiger partial charge in [-0.25, -0.2) is 0 Å². The van der Waals surface area contributed by atoms with E-state index in [1.807, 2.05) is 0 Å². The molecule has 2 heterocycles. The van der Waals surface area contributed by atoms with Crippen LogP contribution in [0.3, 0.4) is 0 Å². The van der Waals surface area contributed by atoms with E-state index in [2.05, 4.69) is 5.32 Å². The molecule has 7 heteroatoms. The van der Waals surface area contributed by atoms with Crippen molar-refractivity contribution in [2.45, 2.75) is 24.9 Å². The smallest absolute Gasteiger partial charge is 0.303 e. The van der Waals surface area contributed by atoms with E-state index in [0.29, 0.717) is 11.6 Å². The molecule has 0 aromatic heterocycles. The van der Waals surface area contributed by atoms with Crippen LogP contribution in [0, 0.1) is 0 Å². The zero-order chi connectivity index (χ0) is 11.7. The standard InChI is InChI=1S/C9H12N2O4S/c12-7(13)2-1-5-9(15)11-4-16-3-6(11)8(14)10-5/h5-6H,1-4H2,(H,10,14)(H,12,13)/t5-,6-/m1/s1. The Hall–Kier alpha value is -1.24. The molecule has 0 spiro atoms. The van der Waals surface area contributed by atoms with E-state index in [9.17, 15) is 14.4 Å². The summed E-state index contributed by atoms with van der Waals surface area (Å²) in [5.41, 5.74) is 0. The minimum Gasteiger partial charge on any atom is -0.481 e. The minimum atomic E-state index is -0.958. The summed E-state index contributed by atoms with van der Waals surface area (Å²) in [4.78, 5) is 35.4. The van der Waals surface area contributed by atoms with Crippen LogP contribution >= 0.6 is 11.8 Å². The molecule has 88 valence electrons. The van der Waals surface area contributed by atoms with Crippen molar-refractivity contribution in [3.05, 3.63) is 0 Å². The van der Waals surface area contributed by atoms with Crippen molar-refractivity contribution in [1.82, 2.24) is 10.2 Å². The number of carbonyl (C=O) groups excluding carboxylic acids is 2. The van der Waals surface area contributed by atoms with Crippen molar-refractivity contribution in [1.29, 1.82) is 0 Å². The molecule has 0 radical (unpaired) electrons. The summed E-state index contributed by atoms with van der Waals surface area (Å²) in [5, 5.41) is 11.1. The molecule has 2 amide bonds. The normalized spacial score (nSPS) is 28.9. The predicted molar refractivity (Wildman–Crippen MR) is 56.8 cm³/mol. The number of carboxylic acids is 1. The van der Waals surface area contributed by atoms with Gasteiger partial charge in [0.25, 0.3) is 0 Å². The number of nitrogens with zero attached hydrogens (tertiary/aromatic N) is 1. The average Bonchev–Trinajstić information content (AvgIpc) is 2.70. The van der Waals surface area contributed by atoms with Gasteiger partial charge >= 0.3 is 5.97 Å². The minimum absolute atomic E-state index is 0.109. The van der Waals surface area contributed by atoms with Gasteiger partial charge < -0.3 is 15.3 Å². The summed E-state index contributed by atoms with van der Waals surface area (Å²) in [6.45, 7) is 0. The second kappa shape index (κ2) is 4.32. The highest BCUT2D eigenvalue weighted by atomic mass is 32.2. The molecule has 2 atom stereocenters. The third kappa shape index (κ3) is 1.99. The highest BCUT2D eigenvalue weighted by Gasteiger charge is 2.43. The fourth-order valence-corrected chi connectivity index (χ4v) is 3.03. The van der Waals surface area contributed by atoms with Crippen LogP contribution in [-0.4, -0.2) is 51.5 Å². The molecular weight excluding hydrogens is 232 g/mol. The zero-order valence-corrected chi connectivity index (χ0v) is 9.33. The monoisotopic (exact) mass is 244 g/mol. The Labute approximate surface area is 96.4 Å². The maximum atomic E-state index is 11.9. The summed E-state index contributed by atoms with van der Waals surface area (Å²) >= 11 is 1.54. The number of aliphatic carboxylic acids is 1. The maximum Gasteiger partial charge on any atom is 0.303 e. The molecule has 0 unspecified atom stereocenters. The average molecular weight is 244 g/mol. The van der Waals surface area contributed by atoms with Crippen LogP contribution in [-0.2, 0) is 14.4 Å². The predicted octanol–water partition coefficient (Wildman–Crippen LogP) is -0.749. The first-order valence-electron chi connectivity index (χ1n) is 5.00. The number of carboxylic acid groups (broad SMARTS) is 1. The van der Waals surface area contributed by atoms with Gasteiger partial charge in [-0.15, -0.1) is 11.8 Å². The first-order valence-corrected chi connectivity index (χ1v) is 6.15. The molecule has 0 bridgehead atoms. The van der Waals surface area contributed by atoms with Crippen LogP contribution in [0.25, 0.3) is 0 Å². The van der Waals surface area contributed by atoms with E-state index in [1.54, 1.807) is 11.8 Å². The third-order valence-corrected chi connectivity index (χ3v) is 3.74. The first-order chi connectivity index (χ1) is 7.59. The Morgan fingerprint density at radius 2 is 2.31 bits per heavy atom. The molecular formula is C9H12N2O4S. The number of carbonyl (C=O) groups is 3. The Morgan fingerprint density at radius 3 is 3.00 bits per heavy atom. The number of thioether (sulfide) groups is 1. The van der Waals surface area contributed by atoms with Crippen molar-refractivity contribution in [3.8, 4) is 0 Å². The number of nitrogens with one attached hydrogen (secondary N) is 1. The van der Waals surface area contributed by atoms with Crippen LogP contribution in [0.4, 0.5) is 0 Å². The lowest BCUT2D eigenvalue weighted by Gasteiger charge is -2.33. The van der Waals surface area contributed by atoms with Gasteiger partial charge in [0.1, 0.15) is 12.1 Å². The van der Waals surface area contributed by atoms with E-state index in [-0.39, 0.29) is 30.7 Å². The summed E-state index contributed by atoms with van der Waals surface area (Å²) in [6, 6.07) is -1.03. The number of rotatable bonds is 3. The van der Waals surface area contributed by atoms with Crippen LogP contribution in [0.15, 0.2) is 0 Å². The van der Waals surface area contributed by atoms with Gasteiger partial charge in [-0.2, -0.15) is 0 Å². The van der Waals surface area contributed by atoms with E-state index in [1.165, 1.54) is 4.90 Å². The van der Waals surface area contributed by atoms with Gasteiger partial charge in [0.15, 0.2) is 0 Å². The number of piperazine rings is 1. The fraction of sp³-hybridized carbons (Fsp3) is 0.667. The molecule has 2 rings (SSSR count). The summed E-state index contributed by atoms with van der Waals surface area (Å²) in [6.07, 6.45) is 0.0517. The molecule has 16 heavy (non-hydrogen) atoms. The van der Waals surface area contributed by atoms with E-state index in [0.717, 1.165) is 0 Å². The second-order valence-corrected chi connectivity index (χ2v) is 4.82. The largest absolute Gasteiger partial charge is 0.481 e. The maximum absolute atomic E-state index is 11.9. The molecule has 0 aromatic rings. The number of hydrogen-bond acceptors (Lipinski definition) is 4. The Kier molecular flexibility index (Phi) is 3.04. The summed E-state index contributed by atoms with van der Waals surface area (Å²) < 4.78 is 0. The van der Waals surface area contributed by atoms with Gasteiger partial charge in [-0.05, 0) is 6.42 Å². The highest BCUT2D eigenvalue weighted by molar-refractivity contribution is 7.99. The van der Waals surface area contributed by atoms with Gasteiger partial charge in [0.05, 0.1) is 5.88 Å². The number of fused-ring (bicyclic) bond motifs is 1. The molecule has 2 aliphatic rings. The van der Waals surface area contributed by atoms with Gasteiger partial charge in [0.2, 0.25) is 11.8 Å². The molecule has 2 saturated heterocycles. The third-order valence-electron chi connectivity index (χ3n) is 2.73.